The van der Waals surface area contributed by atoms with Gasteiger partial charge in [0.05, 0.1) is 0 Å². The second-order valence-corrected chi connectivity index (χ2v) is 2.55. The minimum absolute atomic E-state index is 1.02. The fraction of sp³-hybridized carbons (Fsp3) is 0.500. The van der Waals surface area contributed by atoms with Crippen LogP contribution in [0.4, 0.5) is 0 Å². The van der Waals surface area contributed by atoms with Crippen LogP contribution in [0.25, 0.3) is 5.53 Å². The number of aliphatic hydroxyl groups excluding tert-OH is 1. The van der Waals surface area contributed by atoms with Gasteiger partial charge in [0.25, 0.3) is 0 Å². The molecule has 0 rings (SSSR count). The normalized spacial score (nSPS) is 10.4. The number of hydrogen-bond donors (Lipinski definition) is 2. The van der Waals surface area contributed by atoms with E-state index in [4.69, 9.17) is 15.2 Å². The topological polar surface area (TPSA) is 111 Å². The zero-order valence-corrected chi connectivity index (χ0v) is 5.04. The minimum Gasteiger partial charge on any atom is -0.383 e. The summed E-state index contributed by atoms with van der Waals surface area (Å²) in [7, 11) is -4.52. The van der Waals surface area contributed by atoms with Crippen LogP contribution in [0.1, 0.15) is 0 Å². The Labute approximate surface area is 51.1 Å². The van der Waals surface area contributed by atoms with Crippen LogP contribution >= 0.6 is 0 Å². The van der Waals surface area contributed by atoms with E-state index in [1.807, 2.05) is 0 Å². The van der Waals surface area contributed by atoms with Gasteiger partial charge in [0, 0.05) is 0 Å². The maximum atomic E-state index is 9.90. The predicted octanol–water partition coefficient (Wildman–Crippen LogP) is -1.51. The Hall–Kier alpha value is -0.750. The number of nitrogens with zero attached hydrogens (tertiary/aromatic N) is 2. The molecule has 0 aliphatic heterocycles. The Morgan fingerprint density at radius 2 is 2.11 bits per heavy atom. The second kappa shape index (κ2) is 2.70. The summed E-state index contributed by atoms with van der Waals surface area (Å²) in [6.45, 7) is -1.02. The van der Waals surface area contributed by atoms with Gasteiger partial charge in [-0.25, -0.2) is 0 Å². The Kier molecular flexibility index (Phi) is 2.47. The van der Waals surface area contributed by atoms with E-state index in [2.05, 4.69) is 4.79 Å². The summed E-state index contributed by atoms with van der Waals surface area (Å²) in [6, 6.07) is 0. The zero-order chi connectivity index (χ0) is 7.49. The van der Waals surface area contributed by atoms with Gasteiger partial charge in [0.1, 0.15) is 0 Å². The van der Waals surface area contributed by atoms with Crippen molar-refractivity contribution in [2.45, 2.75) is 0 Å². The summed E-state index contributed by atoms with van der Waals surface area (Å²) in [5.74, 6) is 0. The Balaban J connectivity index is 4.78. The minimum atomic E-state index is -4.52. The quantitative estimate of drug-likeness (QED) is 0.156. The lowest BCUT2D eigenvalue weighted by Crippen LogP contribution is -2.18. The third kappa shape index (κ3) is 2.34. The van der Waals surface area contributed by atoms with E-state index in [1.165, 1.54) is 0 Å². The molecule has 0 aliphatic carbocycles. The molecule has 0 fully saturated rings. The van der Waals surface area contributed by atoms with Crippen LogP contribution in [0.5, 0.6) is 0 Å². The van der Waals surface area contributed by atoms with Crippen molar-refractivity contribution in [3.05, 3.63) is 5.53 Å². The predicted molar refractivity (Wildman–Crippen MR) is 27.3 cm³/mol. The first kappa shape index (κ1) is 8.25. The molecule has 7 heteroatoms. The molecule has 0 aromatic heterocycles. The summed E-state index contributed by atoms with van der Waals surface area (Å²) in [6.07, 6.45) is 0. The molecule has 0 radical (unpaired) electrons. The molecule has 0 amide bonds. The van der Waals surface area contributed by atoms with Crippen molar-refractivity contribution in [2.75, 3.05) is 6.61 Å². The Morgan fingerprint density at radius 1 is 1.67 bits per heavy atom. The molecular formula is C2H4N2O4S. The standard InChI is InChI=1S/C2H4N2O4S/c3-4-2(1-5)9(6,7)8/h5H,1H2,(H,6,7,8). The average molecular weight is 152 g/mol. The van der Waals surface area contributed by atoms with Crippen LogP contribution in [0, 0.1) is 0 Å². The zero-order valence-electron chi connectivity index (χ0n) is 4.22. The molecule has 0 unspecified atom stereocenters. The van der Waals surface area contributed by atoms with Gasteiger partial charge in [0.2, 0.25) is 0 Å². The molecule has 0 heterocycles. The molecule has 0 spiro atoms. The summed E-state index contributed by atoms with van der Waals surface area (Å²) in [4.78, 5) is 2.11. The molecule has 6 nitrogen and oxygen atoms in total. The fourth-order valence-corrected chi connectivity index (χ4v) is 0.431. The molecule has 0 saturated heterocycles. The summed E-state index contributed by atoms with van der Waals surface area (Å²) >= 11 is 0. The molecule has 9 heavy (non-hydrogen) atoms. The lowest BCUT2D eigenvalue weighted by molar-refractivity contribution is -0.00801. The number of aliphatic hydroxyl groups is 1. The molecular weight excluding hydrogens is 148 g/mol. The van der Waals surface area contributed by atoms with Gasteiger partial charge in [0.15, 0.2) is 6.61 Å². The van der Waals surface area contributed by atoms with Crippen molar-refractivity contribution in [2.24, 2.45) is 0 Å². The van der Waals surface area contributed by atoms with Crippen LogP contribution in [0.2, 0.25) is 0 Å². The van der Waals surface area contributed by atoms with E-state index in [9.17, 15) is 8.42 Å². The number of rotatable bonds is 1. The summed E-state index contributed by atoms with van der Waals surface area (Å²) < 4.78 is 27.8. The van der Waals surface area contributed by atoms with Crippen molar-refractivity contribution in [1.29, 1.82) is 0 Å². The molecule has 0 aliphatic rings. The van der Waals surface area contributed by atoms with E-state index in [0.717, 1.165) is 0 Å². The second-order valence-electron chi connectivity index (χ2n) is 1.13. The van der Waals surface area contributed by atoms with E-state index < -0.39 is 21.8 Å². The third-order valence-electron chi connectivity index (χ3n) is 0.545. The summed E-state index contributed by atoms with van der Waals surface area (Å²) in [5.41, 5.74) is 7.75. The van der Waals surface area contributed by atoms with Crippen LogP contribution in [-0.2, 0) is 10.1 Å². The lowest BCUT2D eigenvalue weighted by atomic mass is 10.8. The van der Waals surface area contributed by atoms with Gasteiger partial charge in [-0.1, -0.05) is 0 Å². The lowest BCUT2D eigenvalue weighted by Gasteiger charge is -1.81. The highest BCUT2D eigenvalue weighted by molar-refractivity contribution is 8.01. The molecule has 52 valence electrons. The molecule has 0 aromatic carbocycles. The van der Waals surface area contributed by atoms with Crippen LogP contribution in [-0.4, -0.2) is 34.5 Å². The smallest absolute Gasteiger partial charge is 0.383 e. The van der Waals surface area contributed by atoms with E-state index >= 15 is 0 Å². The van der Waals surface area contributed by atoms with Crippen molar-refractivity contribution in [1.82, 2.24) is 0 Å². The average Bonchev–Trinajstić information content (AvgIpc) is 1.65. The first-order chi connectivity index (χ1) is 4.02. The highest BCUT2D eigenvalue weighted by Crippen LogP contribution is 1.81. The molecule has 2 N–H and O–H groups in total. The van der Waals surface area contributed by atoms with Crippen LogP contribution in [0.3, 0.4) is 0 Å². The van der Waals surface area contributed by atoms with E-state index in [0.29, 0.717) is 0 Å². The van der Waals surface area contributed by atoms with E-state index in [-0.39, 0.29) is 0 Å². The maximum Gasteiger partial charge on any atom is 0.432 e. The van der Waals surface area contributed by atoms with Gasteiger partial charge in [-0.3, -0.25) is 4.55 Å². The Morgan fingerprint density at radius 3 is 2.11 bits per heavy atom. The Bertz CT molecular complexity index is 235. The van der Waals surface area contributed by atoms with E-state index in [1.54, 1.807) is 0 Å². The molecule has 0 bridgehead atoms. The highest BCUT2D eigenvalue weighted by atomic mass is 32.2. The number of hydrogen-bond acceptors (Lipinski definition) is 3. The van der Waals surface area contributed by atoms with Crippen LogP contribution < -0.4 is 0 Å². The maximum absolute atomic E-state index is 9.90. The SMILES string of the molecule is [N-]=[N+]=C(CO)S(=O)(=O)O. The van der Waals surface area contributed by atoms with Crippen molar-refractivity contribution >= 4 is 15.2 Å². The monoisotopic (exact) mass is 152 g/mol. The molecule has 0 aromatic rings. The van der Waals surface area contributed by atoms with Crippen molar-refractivity contribution in [3.63, 3.8) is 0 Å². The summed E-state index contributed by atoms with van der Waals surface area (Å²) in [5, 5.41) is 6.96. The highest BCUT2D eigenvalue weighted by Gasteiger charge is 2.22. The molecule has 0 saturated carbocycles. The fourth-order valence-electron chi connectivity index (χ4n) is 0.165. The first-order valence-electron chi connectivity index (χ1n) is 1.81. The van der Waals surface area contributed by atoms with Crippen LogP contribution in [0.15, 0.2) is 0 Å². The van der Waals surface area contributed by atoms with Gasteiger partial charge in [-0.15, -0.1) is 0 Å². The van der Waals surface area contributed by atoms with Crippen molar-refractivity contribution in [3.8, 4) is 0 Å². The first-order valence-corrected chi connectivity index (χ1v) is 3.25. The van der Waals surface area contributed by atoms with Gasteiger partial charge in [-0.2, -0.15) is 13.2 Å². The van der Waals surface area contributed by atoms with Gasteiger partial charge in [-0.05, 0) is 0 Å². The van der Waals surface area contributed by atoms with Gasteiger partial charge < -0.3 is 10.6 Å². The largest absolute Gasteiger partial charge is 0.432 e. The third-order valence-corrected chi connectivity index (χ3v) is 1.35. The van der Waals surface area contributed by atoms with Gasteiger partial charge >= 0.3 is 15.2 Å². The van der Waals surface area contributed by atoms with Crippen molar-refractivity contribution < 1.29 is 22.9 Å². The molecule has 0 atom stereocenters.